The third-order valence-electron chi connectivity index (χ3n) is 4.07. The minimum atomic E-state index is 0.418. The van der Waals surface area contributed by atoms with Crippen molar-refractivity contribution in [3.63, 3.8) is 0 Å². The van der Waals surface area contributed by atoms with Crippen LogP contribution >= 0.6 is 30.3 Å². The summed E-state index contributed by atoms with van der Waals surface area (Å²) in [7, 11) is 1.52. The van der Waals surface area contributed by atoms with Crippen molar-refractivity contribution in [3.05, 3.63) is 29.3 Å². The van der Waals surface area contributed by atoms with Gasteiger partial charge in [0.1, 0.15) is 0 Å². The van der Waals surface area contributed by atoms with Crippen LogP contribution in [0.25, 0.3) is 0 Å². The molecule has 0 aliphatic carbocycles. The summed E-state index contributed by atoms with van der Waals surface area (Å²) in [6.07, 6.45) is 6.31. The van der Waals surface area contributed by atoms with Crippen molar-refractivity contribution in [1.82, 2.24) is 4.90 Å². The Bertz CT molecular complexity index is 463. The maximum atomic E-state index is 7.57. The van der Waals surface area contributed by atoms with Crippen molar-refractivity contribution in [1.29, 1.82) is 5.41 Å². The molecule has 1 aliphatic rings. The molecule has 1 atom stereocenters. The van der Waals surface area contributed by atoms with Crippen LogP contribution < -0.4 is 10.5 Å². The zero-order chi connectivity index (χ0) is 15.1. The van der Waals surface area contributed by atoms with Gasteiger partial charge in [-0.1, -0.05) is 12.5 Å². The molecule has 1 saturated heterocycles. The number of nitrogens with one attached hydrogen (secondary N) is 2. The van der Waals surface area contributed by atoms with Gasteiger partial charge in [-0.3, -0.25) is 4.90 Å². The fourth-order valence-corrected chi connectivity index (χ4v) is 3.89. The first kappa shape index (κ1) is 17.1. The number of anilines is 1. The van der Waals surface area contributed by atoms with Gasteiger partial charge in [-0.15, -0.1) is 0 Å². The summed E-state index contributed by atoms with van der Waals surface area (Å²) in [5.74, 6) is 0. The van der Waals surface area contributed by atoms with Crippen molar-refractivity contribution in [2.24, 2.45) is 5.73 Å². The molecule has 0 radical (unpaired) electrons. The summed E-state index contributed by atoms with van der Waals surface area (Å²) >= 11 is 2.19. The number of piperidine rings is 1. The largest absolute Gasteiger partial charge is 0.329 e. The van der Waals surface area contributed by atoms with E-state index >= 15 is 0 Å². The van der Waals surface area contributed by atoms with Crippen LogP contribution in [0.1, 0.15) is 30.4 Å². The summed E-state index contributed by atoms with van der Waals surface area (Å²) in [5.41, 5.74) is 9.19. The quantitative estimate of drug-likeness (QED) is 0.361. The SMILES string of the molecule is N=Cc1cc(CC(CN)N2CCCCC2)ccc1NSI. The van der Waals surface area contributed by atoms with Gasteiger partial charge in [0, 0.05) is 54.7 Å². The number of nitrogens with zero attached hydrogens (tertiary/aromatic N) is 1. The molecule has 0 spiro atoms. The molecular weight excluding hydrogens is 395 g/mol. The Kier molecular flexibility index (Phi) is 7.28. The lowest BCUT2D eigenvalue weighted by Gasteiger charge is -2.34. The van der Waals surface area contributed by atoms with E-state index < -0.39 is 0 Å². The molecule has 0 aromatic heterocycles. The lowest BCUT2D eigenvalue weighted by atomic mass is 9.99. The van der Waals surface area contributed by atoms with E-state index in [9.17, 15) is 0 Å². The summed E-state index contributed by atoms with van der Waals surface area (Å²) < 4.78 is 3.20. The van der Waals surface area contributed by atoms with Gasteiger partial charge >= 0.3 is 0 Å². The first-order chi connectivity index (χ1) is 10.3. The van der Waals surface area contributed by atoms with Crippen molar-refractivity contribution in [2.75, 3.05) is 24.4 Å². The highest BCUT2D eigenvalue weighted by molar-refractivity contribution is 14.2. The molecule has 0 saturated carbocycles. The Morgan fingerprint density at radius 2 is 2.14 bits per heavy atom. The Balaban J connectivity index is 2.07. The average molecular weight is 418 g/mol. The normalized spacial score (nSPS) is 17.4. The second-order valence-electron chi connectivity index (χ2n) is 5.44. The van der Waals surface area contributed by atoms with Gasteiger partial charge in [0.05, 0.1) is 5.69 Å². The zero-order valence-electron chi connectivity index (χ0n) is 12.1. The van der Waals surface area contributed by atoms with Crippen molar-refractivity contribution in [2.45, 2.75) is 31.7 Å². The first-order valence-electron chi connectivity index (χ1n) is 7.39. The van der Waals surface area contributed by atoms with Crippen LogP contribution in [0.3, 0.4) is 0 Å². The maximum Gasteiger partial charge on any atom is 0.0535 e. The van der Waals surface area contributed by atoms with Crippen LogP contribution in [-0.2, 0) is 6.42 Å². The predicted octanol–water partition coefficient (Wildman–Crippen LogP) is 3.45. The van der Waals surface area contributed by atoms with E-state index in [0.29, 0.717) is 12.6 Å². The topological polar surface area (TPSA) is 65.1 Å². The second kappa shape index (κ2) is 8.97. The van der Waals surface area contributed by atoms with Crippen LogP contribution in [-0.4, -0.2) is 36.8 Å². The van der Waals surface area contributed by atoms with Crippen LogP contribution in [0.4, 0.5) is 5.69 Å². The van der Waals surface area contributed by atoms with Crippen LogP contribution in [0.2, 0.25) is 0 Å². The number of hydrogen-bond donors (Lipinski definition) is 3. The molecule has 21 heavy (non-hydrogen) atoms. The minimum absolute atomic E-state index is 0.418. The average Bonchev–Trinajstić information content (AvgIpc) is 2.54. The van der Waals surface area contributed by atoms with Gasteiger partial charge in [-0.05, 0) is 50.0 Å². The van der Waals surface area contributed by atoms with Gasteiger partial charge < -0.3 is 15.9 Å². The van der Waals surface area contributed by atoms with E-state index in [4.69, 9.17) is 11.1 Å². The summed E-state index contributed by atoms with van der Waals surface area (Å²) in [5, 5.41) is 7.57. The summed E-state index contributed by atoms with van der Waals surface area (Å²) in [4.78, 5) is 2.53. The number of halogens is 1. The number of nitrogens with two attached hydrogens (primary N) is 1. The predicted molar refractivity (Wildman–Crippen MR) is 102 cm³/mol. The fourth-order valence-electron chi connectivity index (χ4n) is 2.91. The highest BCUT2D eigenvalue weighted by Crippen LogP contribution is 2.23. The van der Waals surface area contributed by atoms with Crippen molar-refractivity contribution in [3.8, 4) is 0 Å². The molecular formula is C15H23IN4S. The van der Waals surface area contributed by atoms with Crippen molar-refractivity contribution >= 4 is 42.2 Å². The smallest absolute Gasteiger partial charge is 0.0535 e. The van der Waals surface area contributed by atoms with E-state index in [-0.39, 0.29) is 0 Å². The number of rotatable bonds is 7. The molecule has 1 aromatic rings. The molecule has 1 fully saturated rings. The van der Waals surface area contributed by atoms with Crippen LogP contribution in [0.15, 0.2) is 18.2 Å². The van der Waals surface area contributed by atoms with E-state index in [1.54, 1.807) is 0 Å². The lowest BCUT2D eigenvalue weighted by molar-refractivity contribution is 0.166. The molecule has 1 aromatic carbocycles. The molecule has 1 unspecified atom stereocenters. The van der Waals surface area contributed by atoms with Gasteiger partial charge in [-0.25, -0.2) is 0 Å². The molecule has 6 heteroatoms. The summed E-state index contributed by atoms with van der Waals surface area (Å²) in [6.45, 7) is 3.04. The molecule has 0 amide bonds. The second-order valence-corrected chi connectivity index (χ2v) is 7.12. The van der Waals surface area contributed by atoms with E-state index in [1.165, 1.54) is 53.2 Å². The third kappa shape index (κ3) is 4.84. The van der Waals surface area contributed by atoms with E-state index in [1.807, 2.05) is 0 Å². The zero-order valence-corrected chi connectivity index (χ0v) is 15.1. The van der Waals surface area contributed by atoms with Crippen LogP contribution in [0.5, 0.6) is 0 Å². The Labute approximate surface area is 143 Å². The lowest BCUT2D eigenvalue weighted by Crippen LogP contribution is -2.44. The van der Waals surface area contributed by atoms with Gasteiger partial charge in [0.25, 0.3) is 0 Å². The van der Waals surface area contributed by atoms with Gasteiger partial charge in [0.15, 0.2) is 0 Å². The van der Waals surface area contributed by atoms with Crippen molar-refractivity contribution < 1.29 is 0 Å². The minimum Gasteiger partial charge on any atom is -0.329 e. The number of hydrogen-bond acceptors (Lipinski definition) is 5. The highest BCUT2D eigenvalue weighted by Gasteiger charge is 2.19. The van der Waals surface area contributed by atoms with Crippen LogP contribution in [0, 0.1) is 5.41 Å². The van der Waals surface area contributed by atoms with Gasteiger partial charge in [0.2, 0.25) is 0 Å². The molecule has 4 N–H and O–H groups in total. The number of likely N-dealkylation sites (tertiary alicyclic amines) is 1. The number of benzene rings is 1. The molecule has 4 nitrogen and oxygen atoms in total. The maximum absolute atomic E-state index is 7.57. The molecule has 116 valence electrons. The fraction of sp³-hybridized carbons (Fsp3) is 0.533. The highest BCUT2D eigenvalue weighted by atomic mass is 127. The Morgan fingerprint density at radius 1 is 1.38 bits per heavy atom. The van der Waals surface area contributed by atoms with Gasteiger partial charge in [-0.2, -0.15) is 0 Å². The molecule has 0 bridgehead atoms. The molecule has 2 rings (SSSR count). The van der Waals surface area contributed by atoms with E-state index in [2.05, 4.69) is 49.0 Å². The summed E-state index contributed by atoms with van der Waals surface area (Å²) in [6, 6.07) is 6.73. The molecule has 1 aliphatic heterocycles. The molecule has 1 heterocycles. The Morgan fingerprint density at radius 3 is 2.76 bits per heavy atom. The standard InChI is InChI=1S/C15H23IN4S/c16-21-19-15-5-4-12(8-13(15)10-17)9-14(11-18)20-6-2-1-3-7-20/h4-5,8,10,14,17,19H,1-3,6-7,9,11,18H2. The van der Waals surface area contributed by atoms with E-state index in [0.717, 1.165) is 17.7 Å². The third-order valence-corrected chi connectivity index (χ3v) is 5.03. The Hall–Kier alpha value is -0.310. The first-order valence-corrected chi connectivity index (χ1v) is 10.8. The monoisotopic (exact) mass is 418 g/mol.